The number of esters is 1. The number of hydrogen-bond donors (Lipinski definition) is 0. The molecule has 0 aromatic heterocycles. The highest BCUT2D eigenvalue weighted by molar-refractivity contribution is 14.1. The van der Waals surface area contributed by atoms with E-state index in [9.17, 15) is 4.79 Å². The zero-order chi connectivity index (χ0) is 13.0. The average Bonchev–Trinajstić information content (AvgIpc) is 2.41. The van der Waals surface area contributed by atoms with Crippen molar-refractivity contribution in [3.8, 4) is 5.75 Å². The van der Waals surface area contributed by atoms with Crippen LogP contribution in [0.1, 0.15) is 22.8 Å². The maximum Gasteiger partial charge on any atom is 0.343 e. The lowest BCUT2D eigenvalue weighted by atomic mass is 10.1. The molecule has 18 heavy (non-hydrogen) atoms. The predicted octanol–water partition coefficient (Wildman–Crippen LogP) is 4.07. The Morgan fingerprint density at radius 1 is 1.06 bits per heavy atom. The lowest BCUT2D eigenvalue weighted by Gasteiger charge is -2.05. The Kier molecular flexibility index (Phi) is 4.36. The molecule has 0 radical (unpaired) electrons. The van der Waals surface area contributed by atoms with Crippen molar-refractivity contribution in [3.63, 3.8) is 0 Å². The van der Waals surface area contributed by atoms with Gasteiger partial charge in [0.05, 0.1) is 5.56 Å². The highest BCUT2D eigenvalue weighted by Crippen LogP contribution is 2.15. The van der Waals surface area contributed by atoms with E-state index in [0.29, 0.717) is 11.3 Å². The third-order valence-corrected chi connectivity index (χ3v) is 3.34. The van der Waals surface area contributed by atoms with Crippen LogP contribution in [0.3, 0.4) is 0 Å². The van der Waals surface area contributed by atoms with Crippen LogP contribution in [-0.2, 0) is 6.42 Å². The van der Waals surface area contributed by atoms with E-state index in [-0.39, 0.29) is 5.97 Å². The molecule has 0 bridgehead atoms. The second kappa shape index (κ2) is 6.00. The zero-order valence-corrected chi connectivity index (χ0v) is 12.2. The molecule has 92 valence electrons. The van der Waals surface area contributed by atoms with Gasteiger partial charge in [0.2, 0.25) is 0 Å². The second-order valence-corrected chi connectivity index (χ2v) is 5.14. The molecule has 0 saturated carbocycles. The first kappa shape index (κ1) is 13.1. The Labute approximate surface area is 120 Å². The summed E-state index contributed by atoms with van der Waals surface area (Å²) in [4.78, 5) is 11.9. The van der Waals surface area contributed by atoms with Gasteiger partial charge in [-0.2, -0.15) is 0 Å². The van der Waals surface area contributed by atoms with Crippen molar-refractivity contribution in [2.75, 3.05) is 0 Å². The van der Waals surface area contributed by atoms with Crippen LogP contribution in [0, 0.1) is 3.57 Å². The first-order chi connectivity index (χ1) is 8.69. The summed E-state index contributed by atoms with van der Waals surface area (Å²) in [5.74, 6) is 0.249. The molecule has 0 heterocycles. The van der Waals surface area contributed by atoms with Gasteiger partial charge in [0, 0.05) is 3.57 Å². The van der Waals surface area contributed by atoms with Crippen molar-refractivity contribution >= 4 is 28.6 Å². The molecule has 2 rings (SSSR count). The summed E-state index contributed by atoms with van der Waals surface area (Å²) in [6.45, 7) is 2.08. The first-order valence-electron chi connectivity index (χ1n) is 5.75. The maximum atomic E-state index is 11.9. The monoisotopic (exact) mass is 352 g/mol. The van der Waals surface area contributed by atoms with Gasteiger partial charge in [0.25, 0.3) is 0 Å². The fraction of sp³-hybridized carbons (Fsp3) is 0.133. The molecular weight excluding hydrogens is 339 g/mol. The van der Waals surface area contributed by atoms with Crippen LogP contribution in [-0.4, -0.2) is 5.97 Å². The van der Waals surface area contributed by atoms with Gasteiger partial charge in [-0.05, 0) is 71.0 Å². The molecule has 0 atom stereocenters. The molecule has 3 heteroatoms. The van der Waals surface area contributed by atoms with Crippen LogP contribution in [0.2, 0.25) is 0 Å². The van der Waals surface area contributed by atoms with Crippen LogP contribution < -0.4 is 4.74 Å². The quantitative estimate of drug-likeness (QED) is 0.473. The Bertz CT molecular complexity index is 529. The SMILES string of the molecule is CCc1ccc(C(=O)Oc2ccc(I)cc2)cc1. The first-order valence-corrected chi connectivity index (χ1v) is 6.83. The lowest BCUT2D eigenvalue weighted by Crippen LogP contribution is -2.08. The van der Waals surface area contributed by atoms with Crippen LogP contribution in [0.5, 0.6) is 5.75 Å². The molecule has 0 unspecified atom stereocenters. The fourth-order valence-electron chi connectivity index (χ4n) is 1.55. The fourth-order valence-corrected chi connectivity index (χ4v) is 1.90. The van der Waals surface area contributed by atoms with Crippen LogP contribution in [0.4, 0.5) is 0 Å². The van der Waals surface area contributed by atoms with Gasteiger partial charge in [-0.1, -0.05) is 19.1 Å². The normalized spacial score (nSPS) is 10.1. The van der Waals surface area contributed by atoms with Crippen molar-refractivity contribution < 1.29 is 9.53 Å². The topological polar surface area (TPSA) is 26.3 Å². The molecule has 0 aliphatic rings. The van der Waals surface area contributed by atoms with E-state index < -0.39 is 0 Å². The average molecular weight is 352 g/mol. The van der Waals surface area contributed by atoms with Crippen molar-refractivity contribution in [1.29, 1.82) is 0 Å². The second-order valence-electron chi connectivity index (χ2n) is 3.89. The number of aryl methyl sites for hydroxylation is 1. The standard InChI is InChI=1S/C15H13IO2/c1-2-11-3-5-12(6-4-11)15(17)18-14-9-7-13(16)8-10-14/h3-10H,2H2,1H3. The Morgan fingerprint density at radius 2 is 1.67 bits per heavy atom. The van der Waals surface area contributed by atoms with Crippen molar-refractivity contribution in [2.24, 2.45) is 0 Å². The van der Waals surface area contributed by atoms with E-state index in [2.05, 4.69) is 29.5 Å². The molecule has 2 nitrogen and oxygen atoms in total. The number of ether oxygens (including phenoxy) is 1. The number of carbonyl (C=O) groups excluding carboxylic acids is 1. The summed E-state index contributed by atoms with van der Waals surface area (Å²) in [7, 11) is 0. The number of hydrogen-bond acceptors (Lipinski definition) is 2. The molecule has 0 spiro atoms. The van der Waals surface area contributed by atoms with Crippen molar-refractivity contribution in [2.45, 2.75) is 13.3 Å². The molecule has 0 saturated heterocycles. The van der Waals surface area contributed by atoms with E-state index >= 15 is 0 Å². The smallest absolute Gasteiger partial charge is 0.343 e. The number of benzene rings is 2. The zero-order valence-electron chi connectivity index (χ0n) is 10.0. The maximum absolute atomic E-state index is 11.9. The van der Waals surface area contributed by atoms with Crippen molar-refractivity contribution in [3.05, 3.63) is 63.2 Å². The molecular formula is C15H13IO2. The van der Waals surface area contributed by atoms with E-state index in [1.807, 2.05) is 24.3 Å². The minimum absolute atomic E-state index is 0.320. The van der Waals surface area contributed by atoms with Crippen molar-refractivity contribution in [1.82, 2.24) is 0 Å². The Balaban J connectivity index is 2.09. The molecule has 0 amide bonds. The summed E-state index contributed by atoms with van der Waals surface area (Å²) >= 11 is 2.21. The third kappa shape index (κ3) is 3.32. The van der Waals surface area contributed by atoms with Gasteiger partial charge in [-0.3, -0.25) is 0 Å². The van der Waals surface area contributed by atoms with Crippen LogP contribution in [0.15, 0.2) is 48.5 Å². The van der Waals surface area contributed by atoms with Crippen LogP contribution >= 0.6 is 22.6 Å². The summed E-state index contributed by atoms with van der Waals surface area (Å²) in [5, 5.41) is 0. The lowest BCUT2D eigenvalue weighted by molar-refractivity contribution is 0.0735. The van der Waals surface area contributed by atoms with Crippen LogP contribution in [0.25, 0.3) is 0 Å². The summed E-state index contributed by atoms with van der Waals surface area (Å²) in [6.07, 6.45) is 0.965. The van der Waals surface area contributed by atoms with Gasteiger partial charge >= 0.3 is 5.97 Å². The minimum Gasteiger partial charge on any atom is -0.423 e. The summed E-state index contributed by atoms with van der Waals surface area (Å²) < 4.78 is 6.40. The van der Waals surface area contributed by atoms with Gasteiger partial charge in [-0.25, -0.2) is 4.79 Å². The molecule has 2 aromatic rings. The van der Waals surface area contributed by atoms with Gasteiger partial charge in [0.1, 0.15) is 5.75 Å². The van der Waals surface area contributed by atoms with E-state index in [1.165, 1.54) is 5.56 Å². The number of carbonyl (C=O) groups is 1. The van der Waals surface area contributed by atoms with Gasteiger partial charge < -0.3 is 4.74 Å². The molecule has 0 N–H and O–H groups in total. The summed E-state index contributed by atoms with van der Waals surface area (Å²) in [5.41, 5.74) is 1.78. The molecule has 0 aliphatic heterocycles. The highest BCUT2D eigenvalue weighted by Gasteiger charge is 2.07. The highest BCUT2D eigenvalue weighted by atomic mass is 127. The Morgan fingerprint density at radius 3 is 2.22 bits per heavy atom. The van der Waals surface area contributed by atoms with Gasteiger partial charge in [-0.15, -0.1) is 0 Å². The summed E-state index contributed by atoms with van der Waals surface area (Å²) in [6, 6.07) is 14.9. The molecule has 0 aliphatic carbocycles. The van der Waals surface area contributed by atoms with Gasteiger partial charge in [0.15, 0.2) is 0 Å². The largest absolute Gasteiger partial charge is 0.423 e. The molecule has 0 fully saturated rings. The third-order valence-electron chi connectivity index (χ3n) is 2.62. The minimum atomic E-state index is -0.320. The number of halogens is 1. The number of rotatable bonds is 3. The predicted molar refractivity (Wildman–Crippen MR) is 79.9 cm³/mol. The van der Waals surface area contributed by atoms with E-state index in [4.69, 9.17) is 4.74 Å². The van der Waals surface area contributed by atoms with E-state index in [0.717, 1.165) is 9.99 Å². The van der Waals surface area contributed by atoms with E-state index in [1.54, 1.807) is 24.3 Å². The Hall–Kier alpha value is -1.36. The molecule has 2 aromatic carbocycles.